The van der Waals surface area contributed by atoms with E-state index in [1.54, 1.807) is 0 Å². The minimum Gasteiger partial charge on any atom is -0.286 e. The van der Waals surface area contributed by atoms with E-state index in [-0.39, 0.29) is 43.9 Å². The molecule has 0 radical (unpaired) electrons. The molecule has 0 saturated carbocycles. The van der Waals surface area contributed by atoms with Gasteiger partial charge in [0.05, 0.1) is 5.75 Å². The molecule has 108 valence electrons. The second-order valence-corrected chi connectivity index (χ2v) is 6.04. The average Bonchev–Trinajstić information content (AvgIpc) is 2.19. The van der Waals surface area contributed by atoms with Gasteiger partial charge in [0.25, 0.3) is 10.1 Å². The van der Waals surface area contributed by atoms with Gasteiger partial charge in [0.1, 0.15) is 0 Å². The number of hydrogen-bond donors (Lipinski definition) is 1. The minimum atomic E-state index is -3.73. The van der Waals surface area contributed by atoms with Crippen LogP contribution in [-0.2, 0) is 10.1 Å². The first-order valence-electron chi connectivity index (χ1n) is 6.51. The summed E-state index contributed by atoms with van der Waals surface area (Å²) >= 11 is 0. The van der Waals surface area contributed by atoms with Crippen LogP contribution in [0.5, 0.6) is 0 Å². The van der Waals surface area contributed by atoms with Crippen molar-refractivity contribution >= 4 is 10.1 Å². The van der Waals surface area contributed by atoms with Gasteiger partial charge in [0.15, 0.2) is 0 Å². The maximum absolute atomic E-state index is 10.4. The maximum Gasteiger partial charge on any atom is 0.264 e. The molecule has 0 amide bonds. The van der Waals surface area contributed by atoms with Crippen molar-refractivity contribution in [2.45, 2.75) is 71.1 Å². The molecule has 0 bridgehead atoms. The third-order valence-electron chi connectivity index (χ3n) is 2.76. The van der Waals surface area contributed by atoms with Gasteiger partial charge < -0.3 is 0 Å². The summed E-state index contributed by atoms with van der Waals surface area (Å²) in [6, 6.07) is 0. The van der Waals surface area contributed by atoms with Crippen molar-refractivity contribution in [2.75, 3.05) is 5.75 Å². The molecular weight excluding hydrogens is 387 g/mol. The smallest absolute Gasteiger partial charge is 0.264 e. The quantitative estimate of drug-likeness (QED) is 0.415. The van der Waals surface area contributed by atoms with Crippen LogP contribution in [0.25, 0.3) is 0 Å². The molecule has 0 aromatic carbocycles. The first kappa shape index (κ1) is 20.5. The van der Waals surface area contributed by atoms with Crippen LogP contribution in [0.3, 0.4) is 0 Å². The molecule has 0 spiro atoms. The van der Waals surface area contributed by atoms with Gasteiger partial charge in [-0.15, -0.1) is 0 Å². The fourth-order valence-electron chi connectivity index (χ4n) is 1.77. The van der Waals surface area contributed by atoms with Crippen molar-refractivity contribution in [2.24, 2.45) is 0 Å². The van der Waals surface area contributed by atoms with E-state index in [9.17, 15) is 8.42 Å². The van der Waals surface area contributed by atoms with Crippen LogP contribution >= 0.6 is 0 Å². The molecule has 0 aromatic heterocycles. The van der Waals surface area contributed by atoms with Crippen molar-refractivity contribution < 1.29 is 51.1 Å². The Hall–Kier alpha value is 1.18. The van der Waals surface area contributed by atoms with Crippen LogP contribution in [-0.4, -0.2) is 18.7 Å². The standard InChI is InChI=1S/C12H26O3S.Dy/c1-2-3-4-5-6-7-8-9-10-11-12-16(13,14)15;/h2-12H2,1H3,(H,13,14,15);. The van der Waals surface area contributed by atoms with E-state index in [1.165, 1.54) is 44.9 Å². The largest absolute Gasteiger partial charge is 0.286 e. The third kappa shape index (κ3) is 19.7. The van der Waals surface area contributed by atoms with Crippen LogP contribution in [0.2, 0.25) is 0 Å². The summed E-state index contributed by atoms with van der Waals surface area (Å²) in [7, 11) is -3.73. The molecule has 17 heavy (non-hydrogen) atoms. The summed E-state index contributed by atoms with van der Waals surface area (Å²) in [4.78, 5) is 0. The molecule has 0 fully saturated rings. The van der Waals surface area contributed by atoms with Crippen molar-refractivity contribution in [3.05, 3.63) is 0 Å². The van der Waals surface area contributed by atoms with Gasteiger partial charge in [-0.1, -0.05) is 64.7 Å². The predicted octanol–water partition coefficient (Wildman–Crippen LogP) is 3.80. The summed E-state index contributed by atoms with van der Waals surface area (Å²) in [5.74, 6) is -0.0799. The fraction of sp³-hybridized carbons (Fsp3) is 1.00. The Kier molecular flexibility index (Phi) is 16.4. The molecule has 0 heterocycles. The van der Waals surface area contributed by atoms with E-state index in [4.69, 9.17) is 4.55 Å². The first-order chi connectivity index (χ1) is 7.56. The molecular formula is C12H26DyO3S. The van der Waals surface area contributed by atoms with Crippen LogP contribution < -0.4 is 0 Å². The van der Waals surface area contributed by atoms with Gasteiger partial charge in [0.2, 0.25) is 0 Å². The fourth-order valence-corrected chi connectivity index (χ4v) is 2.34. The van der Waals surface area contributed by atoms with Crippen molar-refractivity contribution in [3.8, 4) is 0 Å². The molecule has 3 nitrogen and oxygen atoms in total. The third-order valence-corrected chi connectivity index (χ3v) is 3.56. The van der Waals surface area contributed by atoms with Crippen LogP contribution in [0.1, 0.15) is 71.1 Å². The summed E-state index contributed by atoms with van der Waals surface area (Å²) in [6.07, 6.45) is 11.7. The average molecular weight is 413 g/mol. The Bertz CT molecular complexity index is 240. The van der Waals surface area contributed by atoms with Crippen LogP contribution in [0.15, 0.2) is 0 Å². The molecule has 5 heteroatoms. The van der Waals surface area contributed by atoms with Gasteiger partial charge in [-0.2, -0.15) is 8.42 Å². The summed E-state index contributed by atoms with van der Waals surface area (Å²) in [5.41, 5.74) is 0. The van der Waals surface area contributed by atoms with E-state index < -0.39 is 10.1 Å². The van der Waals surface area contributed by atoms with Crippen LogP contribution in [0.4, 0.5) is 0 Å². The zero-order valence-corrected chi connectivity index (χ0v) is 13.6. The van der Waals surface area contributed by atoms with E-state index in [2.05, 4.69) is 6.92 Å². The van der Waals surface area contributed by atoms with Crippen molar-refractivity contribution in [1.29, 1.82) is 0 Å². The summed E-state index contributed by atoms with van der Waals surface area (Å²) in [5, 5.41) is 0. The Balaban J connectivity index is 0. The van der Waals surface area contributed by atoms with E-state index in [1.807, 2.05) is 0 Å². The molecule has 0 aliphatic rings. The Morgan fingerprint density at radius 2 is 1.12 bits per heavy atom. The van der Waals surface area contributed by atoms with E-state index in [0.29, 0.717) is 6.42 Å². The Morgan fingerprint density at radius 1 is 0.765 bits per heavy atom. The van der Waals surface area contributed by atoms with Gasteiger partial charge in [-0.3, -0.25) is 4.55 Å². The molecule has 0 aliphatic carbocycles. The molecule has 0 rings (SSSR count). The van der Waals surface area contributed by atoms with E-state index in [0.717, 1.165) is 12.8 Å². The minimum absolute atomic E-state index is 0. The van der Waals surface area contributed by atoms with Crippen molar-refractivity contribution in [1.82, 2.24) is 0 Å². The number of rotatable bonds is 11. The molecule has 0 unspecified atom stereocenters. The van der Waals surface area contributed by atoms with Gasteiger partial charge in [-0.25, -0.2) is 0 Å². The van der Waals surface area contributed by atoms with Gasteiger partial charge in [0, 0.05) is 38.2 Å². The normalized spacial score (nSPS) is 11.2. The topological polar surface area (TPSA) is 54.4 Å². The van der Waals surface area contributed by atoms with Gasteiger partial charge in [-0.05, 0) is 6.42 Å². The van der Waals surface area contributed by atoms with Gasteiger partial charge >= 0.3 is 0 Å². The molecule has 0 aromatic rings. The monoisotopic (exact) mass is 414 g/mol. The molecule has 0 aliphatic heterocycles. The van der Waals surface area contributed by atoms with Crippen molar-refractivity contribution in [3.63, 3.8) is 0 Å². The Morgan fingerprint density at radius 3 is 1.47 bits per heavy atom. The maximum atomic E-state index is 10.4. The summed E-state index contributed by atoms with van der Waals surface area (Å²) < 4.78 is 29.4. The van der Waals surface area contributed by atoms with E-state index >= 15 is 0 Å². The second-order valence-electron chi connectivity index (χ2n) is 4.47. The molecule has 1 N–H and O–H groups in total. The Labute approximate surface area is 137 Å². The second kappa shape index (κ2) is 13.6. The molecule has 0 atom stereocenters. The zero-order chi connectivity index (χ0) is 12.3. The SMILES string of the molecule is CCCCCCCCCCCCS(=O)(=O)O.[Dy]. The zero-order valence-electron chi connectivity index (χ0n) is 10.8. The van der Waals surface area contributed by atoms with Crippen LogP contribution in [0, 0.1) is 38.2 Å². The number of unbranched alkanes of at least 4 members (excludes halogenated alkanes) is 9. The first-order valence-corrected chi connectivity index (χ1v) is 8.12. The number of hydrogen-bond acceptors (Lipinski definition) is 2. The predicted molar refractivity (Wildman–Crippen MR) is 68.3 cm³/mol. The molecule has 0 saturated heterocycles. The summed E-state index contributed by atoms with van der Waals surface area (Å²) in [6.45, 7) is 2.22.